The molecule has 1 aromatic carbocycles. The van der Waals surface area contributed by atoms with Crippen LogP contribution < -0.4 is 25.3 Å². The number of hydrogen-bond donors (Lipinski definition) is 2. The Kier molecular flexibility index (Phi) is 6.98. The van der Waals surface area contributed by atoms with Crippen LogP contribution in [0.2, 0.25) is 0 Å². The van der Waals surface area contributed by atoms with E-state index in [1.165, 1.54) is 27.3 Å². The van der Waals surface area contributed by atoms with Crippen molar-refractivity contribution in [3.05, 3.63) is 60.6 Å². The van der Waals surface area contributed by atoms with Crippen LogP contribution in [0.4, 0.5) is 35.6 Å². The number of hydrazine groups is 1. The number of anilines is 3. The molecule has 0 bridgehead atoms. The number of carbonyl (C=O) groups excluding carboxylic acids is 2. The molecule has 4 heterocycles. The Hall–Kier alpha value is -4.46. The SMILES string of the molecule is O=C(Oc1cccnc1)N1CCN(c2c(F)cc(N3C[C@H](CNc4ccon4)OC3=O)cc2F)CCN1. The third-order valence-corrected chi connectivity index (χ3v) is 5.79. The van der Waals surface area contributed by atoms with Gasteiger partial charge in [0.1, 0.15) is 18.1 Å². The molecule has 0 unspecified atom stereocenters. The predicted molar refractivity (Wildman–Crippen MR) is 126 cm³/mol. The van der Waals surface area contributed by atoms with Crippen molar-refractivity contribution >= 4 is 29.4 Å². The number of nitrogens with one attached hydrogen (secondary N) is 2. The molecule has 37 heavy (non-hydrogen) atoms. The molecular formula is C23H23F2N7O5. The van der Waals surface area contributed by atoms with Crippen molar-refractivity contribution in [2.24, 2.45) is 0 Å². The number of ether oxygens (including phenoxy) is 2. The second-order valence-corrected chi connectivity index (χ2v) is 8.24. The number of nitrogens with zero attached hydrogens (tertiary/aromatic N) is 5. The first-order valence-corrected chi connectivity index (χ1v) is 11.5. The van der Waals surface area contributed by atoms with Crippen molar-refractivity contribution in [1.82, 2.24) is 20.6 Å². The van der Waals surface area contributed by atoms with Gasteiger partial charge in [-0.1, -0.05) is 5.16 Å². The second-order valence-electron chi connectivity index (χ2n) is 8.24. The van der Waals surface area contributed by atoms with Gasteiger partial charge >= 0.3 is 12.2 Å². The summed E-state index contributed by atoms with van der Waals surface area (Å²) in [5.41, 5.74) is 2.69. The minimum Gasteiger partial charge on any atom is -0.442 e. The number of cyclic esters (lactones) is 1. The highest BCUT2D eigenvalue weighted by Gasteiger charge is 2.34. The zero-order chi connectivity index (χ0) is 25.8. The van der Waals surface area contributed by atoms with Crippen molar-refractivity contribution in [1.29, 1.82) is 0 Å². The van der Waals surface area contributed by atoms with Crippen molar-refractivity contribution < 1.29 is 32.4 Å². The van der Waals surface area contributed by atoms with Crippen molar-refractivity contribution in [2.45, 2.75) is 6.10 Å². The monoisotopic (exact) mass is 515 g/mol. The molecule has 0 aliphatic carbocycles. The van der Waals surface area contributed by atoms with Crippen LogP contribution in [0.25, 0.3) is 0 Å². The summed E-state index contributed by atoms with van der Waals surface area (Å²) < 4.78 is 45.6. The Labute approximate surface area is 209 Å². The lowest BCUT2D eigenvalue weighted by molar-refractivity contribution is 0.133. The van der Waals surface area contributed by atoms with E-state index in [2.05, 4.69) is 20.9 Å². The lowest BCUT2D eigenvalue weighted by atomic mass is 10.2. The van der Waals surface area contributed by atoms with Gasteiger partial charge in [-0.3, -0.25) is 9.88 Å². The third-order valence-electron chi connectivity index (χ3n) is 5.79. The first-order chi connectivity index (χ1) is 18.0. The van der Waals surface area contributed by atoms with Crippen LogP contribution in [-0.4, -0.2) is 72.7 Å². The summed E-state index contributed by atoms with van der Waals surface area (Å²) in [7, 11) is 0. The molecule has 2 aromatic heterocycles. The largest absolute Gasteiger partial charge is 0.442 e. The van der Waals surface area contributed by atoms with Gasteiger partial charge in [0, 0.05) is 44.0 Å². The number of aromatic nitrogens is 2. The topological polar surface area (TPSA) is 125 Å². The molecule has 0 radical (unpaired) electrons. The second kappa shape index (κ2) is 10.7. The summed E-state index contributed by atoms with van der Waals surface area (Å²) in [6.07, 6.45) is 2.43. The van der Waals surface area contributed by atoms with Gasteiger partial charge in [0.25, 0.3) is 0 Å². The Morgan fingerprint density at radius 1 is 1.22 bits per heavy atom. The van der Waals surface area contributed by atoms with Gasteiger partial charge < -0.3 is 24.2 Å². The summed E-state index contributed by atoms with van der Waals surface area (Å²) >= 11 is 0. The number of hydrogen-bond acceptors (Lipinski definition) is 10. The highest BCUT2D eigenvalue weighted by atomic mass is 19.1. The van der Waals surface area contributed by atoms with Gasteiger partial charge in [-0.2, -0.15) is 0 Å². The smallest absolute Gasteiger partial charge is 0.429 e. The van der Waals surface area contributed by atoms with Gasteiger partial charge in [0.15, 0.2) is 23.2 Å². The first kappa shape index (κ1) is 24.2. The molecule has 2 fully saturated rings. The van der Waals surface area contributed by atoms with Crippen LogP contribution in [0, 0.1) is 11.6 Å². The summed E-state index contributed by atoms with van der Waals surface area (Å²) in [5, 5.41) is 7.91. The molecule has 1 atom stereocenters. The average Bonchev–Trinajstić information content (AvgIpc) is 3.46. The Morgan fingerprint density at radius 3 is 2.78 bits per heavy atom. The maximum absolute atomic E-state index is 15.2. The number of pyridine rings is 1. The average molecular weight is 515 g/mol. The predicted octanol–water partition coefficient (Wildman–Crippen LogP) is 2.61. The van der Waals surface area contributed by atoms with E-state index in [4.69, 9.17) is 14.0 Å². The minimum atomic E-state index is -0.835. The van der Waals surface area contributed by atoms with Crippen LogP contribution in [0.15, 0.2) is 53.5 Å². The normalized spacial score (nSPS) is 17.9. The van der Waals surface area contributed by atoms with E-state index in [1.807, 2.05) is 0 Å². The van der Waals surface area contributed by atoms with E-state index in [1.54, 1.807) is 24.4 Å². The van der Waals surface area contributed by atoms with E-state index in [0.717, 1.165) is 12.1 Å². The van der Waals surface area contributed by atoms with Gasteiger partial charge in [-0.15, -0.1) is 0 Å². The zero-order valence-corrected chi connectivity index (χ0v) is 19.5. The van der Waals surface area contributed by atoms with Crippen molar-refractivity contribution in [3.63, 3.8) is 0 Å². The summed E-state index contributed by atoms with van der Waals surface area (Å²) in [6, 6.07) is 7.03. The molecule has 5 rings (SSSR count). The lowest BCUT2D eigenvalue weighted by Crippen LogP contribution is -2.45. The number of halogens is 2. The molecule has 2 aliphatic heterocycles. The fraction of sp³-hybridized carbons (Fsp3) is 0.304. The molecule has 0 spiro atoms. The molecule has 2 N–H and O–H groups in total. The van der Waals surface area contributed by atoms with E-state index < -0.39 is 29.9 Å². The minimum absolute atomic E-state index is 0.0438. The lowest BCUT2D eigenvalue weighted by Gasteiger charge is -2.25. The van der Waals surface area contributed by atoms with Gasteiger partial charge in [0.05, 0.1) is 31.5 Å². The fourth-order valence-electron chi connectivity index (χ4n) is 4.05. The Morgan fingerprint density at radius 2 is 2.05 bits per heavy atom. The molecular weight excluding hydrogens is 492 g/mol. The van der Waals surface area contributed by atoms with Crippen molar-refractivity contribution in [3.8, 4) is 5.75 Å². The van der Waals surface area contributed by atoms with E-state index in [9.17, 15) is 9.59 Å². The molecule has 3 aromatic rings. The quantitative estimate of drug-likeness (QED) is 0.506. The number of benzene rings is 1. The van der Waals surface area contributed by atoms with Gasteiger partial charge in [-0.05, 0) is 12.1 Å². The summed E-state index contributed by atoms with van der Waals surface area (Å²) in [5.74, 6) is -0.914. The first-order valence-electron chi connectivity index (χ1n) is 11.5. The zero-order valence-electron chi connectivity index (χ0n) is 19.5. The third kappa shape index (κ3) is 5.53. The van der Waals surface area contributed by atoms with Crippen LogP contribution >= 0.6 is 0 Å². The highest BCUT2D eigenvalue weighted by Crippen LogP contribution is 2.31. The van der Waals surface area contributed by atoms with E-state index >= 15 is 8.78 Å². The Balaban J connectivity index is 1.22. The van der Waals surface area contributed by atoms with Crippen LogP contribution in [-0.2, 0) is 4.74 Å². The highest BCUT2D eigenvalue weighted by molar-refractivity contribution is 5.90. The van der Waals surface area contributed by atoms with Gasteiger partial charge in [0.2, 0.25) is 0 Å². The van der Waals surface area contributed by atoms with Crippen LogP contribution in [0.3, 0.4) is 0 Å². The summed E-state index contributed by atoms with van der Waals surface area (Å²) in [4.78, 5) is 31.4. The molecule has 12 nitrogen and oxygen atoms in total. The molecule has 2 amide bonds. The number of rotatable bonds is 6. The molecule has 194 valence electrons. The molecule has 14 heteroatoms. The fourth-order valence-corrected chi connectivity index (χ4v) is 4.05. The maximum atomic E-state index is 15.2. The molecule has 0 saturated carbocycles. The van der Waals surface area contributed by atoms with Gasteiger partial charge in [-0.25, -0.2) is 28.8 Å². The van der Waals surface area contributed by atoms with Crippen LogP contribution in [0.1, 0.15) is 0 Å². The number of amides is 2. The van der Waals surface area contributed by atoms with E-state index in [-0.39, 0.29) is 56.4 Å². The molecule has 2 saturated heterocycles. The maximum Gasteiger partial charge on any atom is 0.429 e. The summed E-state index contributed by atoms with van der Waals surface area (Å²) in [6.45, 7) is 1.07. The number of carbonyl (C=O) groups is 2. The standard InChI is InChI=1S/C23H23F2N7O5/c24-18-10-15(31-14-17(37-22(31)33)13-27-20-3-9-35-29-20)11-19(25)21(18)30-6-5-28-32(8-7-30)23(34)36-16-2-1-4-26-12-16/h1-4,9-12,17,28H,5-8,13-14H2,(H,27,29)/t17-/m0/s1. The van der Waals surface area contributed by atoms with Crippen molar-refractivity contribution in [2.75, 3.05) is 54.4 Å². The van der Waals surface area contributed by atoms with Crippen LogP contribution in [0.5, 0.6) is 5.75 Å². The molecule has 2 aliphatic rings. The van der Waals surface area contributed by atoms with E-state index in [0.29, 0.717) is 5.82 Å². The Bertz CT molecular complexity index is 1220.